The highest BCUT2D eigenvalue weighted by Gasteiger charge is 2.33. The van der Waals surface area contributed by atoms with Gasteiger partial charge in [-0.25, -0.2) is 13.2 Å². The van der Waals surface area contributed by atoms with Crippen molar-refractivity contribution in [3.63, 3.8) is 0 Å². The lowest BCUT2D eigenvalue weighted by molar-refractivity contribution is 0.0692. The smallest absolute Gasteiger partial charge is 0.339 e. The molecule has 0 bridgehead atoms. The molecule has 1 saturated heterocycles. The summed E-state index contributed by atoms with van der Waals surface area (Å²) in [5, 5.41) is 9.21. The molecule has 0 saturated carbocycles. The molecule has 116 valence electrons. The maximum Gasteiger partial charge on any atom is 0.339 e. The van der Waals surface area contributed by atoms with Gasteiger partial charge in [-0.05, 0) is 44.9 Å². The first-order valence-electron chi connectivity index (χ1n) is 6.90. The Morgan fingerprint density at radius 1 is 1.48 bits per heavy atom. The molecule has 0 aromatic heterocycles. The second kappa shape index (κ2) is 6.03. The van der Waals surface area contributed by atoms with Gasteiger partial charge in [-0.3, -0.25) is 0 Å². The average molecular weight is 313 g/mol. The lowest BCUT2D eigenvalue weighted by atomic mass is 10.2. The molecule has 1 unspecified atom stereocenters. The van der Waals surface area contributed by atoms with Crippen molar-refractivity contribution in [2.75, 3.05) is 13.2 Å². The van der Waals surface area contributed by atoms with Crippen molar-refractivity contribution in [1.82, 2.24) is 4.31 Å². The summed E-state index contributed by atoms with van der Waals surface area (Å²) >= 11 is 0. The zero-order chi connectivity index (χ0) is 15.6. The van der Waals surface area contributed by atoms with Gasteiger partial charge >= 0.3 is 5.97 Å². The first-order chi connectivity index (χ1) is 9.87. The minimum atomic E-state index is -3.66. The topological polar surface area (TPSA) is 83.9 Å². The number of carbonyl (C=O) groups is 1. The van der Waals surface area contributed by atoms with E-state index < -0.39 is 16.0 Å². The second-order valence-corrected chi connectivity index (χ2v) is 6.89. The van der Waals surface area contributed by atoms with E-state index in [2.05, 4.69) is 0 Å². The Morgan fingerprint density at radius 3 is 2.71 bits per heavy atom. The van der Waals surface area contributed by atoms with Crippen LogP contribution in [0.25, 0.3) is 0 Å². The molecule has 7 heteroatoms. The lowest BCUT2D eigenvalue weighted by Gasteiger charge is -2.21. The molecule has 1 heterocycles. The minimum absolute atomic E-state index is 0.00268. The molecule has 1 aromatic carbocycles. The van der Waals surface area contributed by atoms with Crippen LogP contribution in [0.3, 0.4) is 0 Å². The number of hydrogen-bond donors (Lipinski definition) is 1. The number of carboxylic acids is 1. The summed E-state index contributed by atoms with van der Waals surface area (Å²) in [6.07, 6.45) is 1.64. The Balaban J connectivity index is 2.44. The molecule has 1 aliphatic rings. The number of hydrogen-bond acceptors (Lipinski definition) is 4. The van der Waals surface area contributed by atoms with E-state index in [1.165, 1.54) is 22.5 Å². The molecule has 21 heavy (non-hydrogen) atoms. The van der Waals surface area contributed by atoms with Gasteiger partial charge in [-0.2, -0.15) is 4.31 Å². The van der Waals surface area contributed by atoms with Gasteiger partial charge in [-0.15, -0.1) is 0 Å². The van der Waals surface area contributed by atoms with Crippen LogP contribution in [0.2, 0.25) is 0 Å². The van der Waals surface area contributed by atoms with Crippen molar-refractivity contribution in [1.29, 1.82) is 0 Å². The van der Waals surface area contributed by atoms with Gasteiger partial charge in [0.15, 0.2) is 0 Å². The maximum absolute atomic E-state index is 12.6. The quantitative estimate of drug-likeness (QED) is 0.898. The zero-order valence-electron chi connectivity index (χ0n) is 12.1. The van der Waals surface area contributed by atoms with Crippen molar-refractivity contribution < 1.29 is 23.1 Å². The van der Waals surface area contributed by atoms with Crippen LogP contribution in [-0.4, -0.2) is 43.0 Å². The third kappa shape index (κ3) is 3.03. The molecule has 1 aliphatic heterocycles. The van der Waals surface area contributed by atoms with Crippen LogP contribution in [0.1, 0.15) is 37.0 Å². The van der Waals surface area contributed by atoms with E-state index in [4.69, 9.17) is 4.74 Å². The average Bonchev–Trinajstić information content (AvgIpc) is 2.86. The van der Waals surface area contributed by atoms with Crippen LogP contribution in [-0.2, 0) is 10.0 Å². The van der Waals surface area contributed by atoms with Gasteiger partial charge in [0, 0.05) is 12.6 Å². The number of sulfonamides is 1. The fourth-order valence-electron chi connectivity index (χ4n) is 2.52. The number of nitrogens with zero attached hydrogens (tertiary/aromatic N) is 1. The fraction of sp³-hybridized carbons (Fsp3) is 0.500. The molecular weight excluding hydrogens is 294 g/mol. The summed E-state index contributed by atoms with van der Waals surface area (Å²) in [6, 6.07) is 3.92. The largest absolute Gasteiger partial charge is 0.493 e. The second-order valence-electron chi connectivity index (χ2n) is 5.00. The molecule has 1 N–H and O–H groups in total. The first kappa shape index (κ1) is 15.8. The van der Waals surface area contributed by atoms with Crippen LogP contribution < -0.4 is 4.74 Å². The molecule has 1 atom stereocenters. The number of aromatic carboxylic acids is 1. The van der Waals surface area contributed by atoms with E-state index >= 15 is 0 Å². The Morgan fingerprint density at radius 2 is 2.19 bits per heavy atom. The highest BCUT2D eigenvalue weighted by molar-refractivity contribution is 7.89. The molecule has 0 amide bonds. The normalized spacial score (nSPS) is 19.6. The predicted octanol–water partition coefficient (Wildman–Crippen LogP) is 1.96. The summed E-state index contributed by atoms with van der Waals surface area (Å²) in [4.78, 5) is 11.3. The Kier molecular flexibility index (Phi) is 4.53. The number of rotatable bonds is 5. The molecule has 1 fully saturated rings. The van der Waals surface area contributed by atoms with Crippen LogP contribution >= 0.6 is 0 Å². The monoisotopic (exact) mass is 313 g/mol. The SMILES string of the molecule is CCOc1ccc(S(=O)(=O)N2CCCC2C)cc1C(=O)O. The van der Waals surface area contributed by atoms with Crippen LogP contribution in [0.5, 0.6) is 5.75 Å². The minimum Gasteiger partial charge on any atom is -0.493 e. The van der Waals surface area contributed by atoms with Crippen molar-refractivity contribution >= 4 is 16.0 Å². The molecule has 0 radical (unpaired) electrons. The van der Waals surface area contributed by atoms with Crippen LogP contribution in [0.4, 0.5) is 0 Å². The van der Waals surface area contributed by atoms with E-state index in [0.717, 1.165) is 12.8 Å². The number of benzene rings is 1. The van der Waals surface area contributed by atoms with Gasteiger partial charge in [0.1, 0.15) is 11.3 Å². The highest BCUT2D eigenvalue weighted by atomic mass is 32.2. The zero-order valence-corrected chi connectivity index (χ0v) is 12.9. The van der Waals surface area contributed by atoms with E-state index in [1.807, 2.05) is 6.92 Å². The van der Waals surface area contributed by atoms with E-state index in [0.29, 0.717) is 13.2 Å². The van der Waals surface area contributed by atoms with E-state index in [-0.39, 0.29) is 22.3 Å². The van der Waals surface area contributed by atoms with Crippen molar-refractivity contribution in [2.45, 2.75) is 37.6 Å². The summed E-state index contributed by atoms with van der Waals surface area (Å²) in [7, 11) is -3.66. The molecular formula is C14H19NO5S. The Bertz CT molecular complexity index is 641. The molecule has 0 aliphatic carbocycles. The standard InChI is InChI=1S/C14H19NO5S/c1-3-20-13-7-6-11(9-12(13)14(16)17)21(18,19)15-8-4-5-10(15)2/h6-7,9-10H,3-5,8H2,1-2H3,(H,16,17). The summed E-state index contributed by atoms with van der Waals surface area (Å²) in [5.74, 6) is -1.02. The molecule has 1 aromatic rings. The molecule has 0 spiro atoms. The van der Waals surface area contributed by atoms with Gasteiger partial charge in [0.05, 0.1) is 11.5 Å². The highest BCUT2D eigenvalue weighted by Crippen LogP contribution is 2.29. The van der Waals surface area contributed by atoms with Crippen LogP contribution in [0, 0.1) is 0 Å². The lowest BCUT2D eigenvalue weighted by Crippen LogP contribution is -2.33. The molecule has 2 rings (SSSR count). The first-order valence-corrected chi connectivity index (χ1v) is 8.34. The summed E-state index contributed by atoms with van der Waals surface area (Å²) in [5.41, 5.74) is -0.134. The number of ether oxygens (including phenoxy) is 1. The van der Waals surface area contributed by atoms with Crippen LogP contribution in [0.15, 0.2) is 23.1 Å². The van der Waals surface area contributed by atoms with Gasteiger partial charge < -0.3 is 9.84 Å². The van der Waals surface area contributed by atoms with Gasteiger partial charge in [-0.1, -0.05) is 0 Å². The van der Waals surface area contributed by atoms with Crippen molar-refractivity contribution in [2.24, 2.45) is 0 Å². The third-order valence-electron chi connectivity index (χ3n) is 3.58. The maximum atomic E-state index is 12.6. The summed E-state index contributed by atoms with van der Waals surface area (Å²) < 4.78 is 31.8. The van der Waals surface area contributed by atoms with Gasteiger partial charge in [0.25, 0.3) is 0 Å². The fourth-order valence-corrected chi connectivity index (χ4v) is 4.24. The predicted molar refractivity (Wildman–Crippen MR) is 77.2 cm³/mol. The third-order valence-corrected chi connectivity index (χ3v) is 5.59. The Labute approximate surface area is 124 Å². The summed E-state index contributed by atoms with van der Waals surface area (Å²) in [6.45, 7) is 4.38. The van der Waals surface area contributed by atoms with Crippen molar-refractivity contribution in [3.05, 3.63) is 23.8 Å². The number of carboxylic acid groups (broad SMARTS) is 1. The van der Waals surface area contributed by atoms with Gasteiger partial charge in [0.2, 0.25) is 10.0 Å². The van der Waals surface area contributed by atoms with E-state index in [1.54, 1.807) is 6.92 Å². The molecule has 6 nitrogen and oxygen atoms in total. The Hall–Kier alpha value is -1.60. The van der Waals surface area contributed by atoms with E-state index in [9.17, 15) is 18.3 Å². The van der Waals surface area contributed by atoms with Crippen molar-refractivity contribution in [3.8, 4) is 5.75 Å².